The van der Waals surface area contributed by atoms with E-state index >= 15 is 0 Å². The zero-order chi connectivity index (χ0) is 12.0. The summed E-state index contributed by atoms with van der Waals surface area (Å²) in [4.78, 5) is 11.1. The predicted octanol–water partition coefficient (Wildman–Crippen LogP) is 0.534. The molecule has 0 saturated heterocycles. The zero-order valence-electron chi connectivity index (χ0n) is 9.32. The molecule has 0 aliphatic heterocycles. The van der Waals surface area contributed by atoms with Gasteiger partial charge in [-0.2, -0.15) is 0 Å². The van der Waals surface area contributed by atoms with Gasteiger partial charge in [0.25, 0.3) is 0 Å². The highest BCUT2D eigenvalue weighted by atomic mass is 32.2. The Hall–Kier alpha value is -1.14. The molecule has 1 N–H and O–H groups in total. The minimum atomic E-state index is -0.794. The summed E-state index contributed by atoms with van der Waals surface area (Å²) in [6.45, 7) is 1.16. The van der Waals surface area contributed by atoms with Gasteiger partial charge in [0.05, 0.1) is 19.2 Å². The van der Waals surface area contributed by atoms with Gasteiger partial charge in [0.1, 0.15) is 12.0 Å². The molecule has 1 aromatic rings. The first-order chi connectivity index (χ1) is 7.63. The summed E-state index contributed by atoms with van der Waals surface area (Å²) in [7, 11) is 0.529. The number of rotatable bonds is 6. The Labute approximate surface area is 96.6 Å². The van der Waals surface area contributed by atoms with Crippen LogP contribution in [0.15, 0.2) is 16.7 Å². The van der Waals surface area contributed by atoms with Crippen molar-refractivity contribution in [3.63, 3.8) is 0 Å². The molecule has 0 saturated carbocycles. The minimum absolute atomic E-state index is 0.401. The largest absolute Gasteiger partial charge is 0.467 e. The Bertz CT molecular complexity index is 375. The van der Waals surface area contributed by atoms with E-state index in [1.165, 1.54) is 13.4 Å². The van der Waals surface area contributed by atoms with Crippen LogP contribution in [0.3, 0.4) is 0 Å². The van der Waals surface area contributed by atoms with Crippen LogP contribution in [0, 0.1) is 0 Å². The zero-order valence-corrected chi connectivity index (χ0v) is 10.1. The maximum Gasteiger partial charge on any atom is 0.341 e. The number of methoxy groups -OCH3 is 1. The lowest BCUT2D eigenvalue weighted by molar-refractivity contribution is 0.0600. The quantitative estimate of drug-likeness (QED) is 0.585. The number of hydrogen-bond acceptors (Lipinski definition) is 5. The first kappa shape index (κ1) is 12.9. The molecule has 0 fully saturated rings. The third-order valence-electron chi connectivity index (χ3n) is 1.94. The van der Waals surface area contributed by atoms with Gasteiger partial charge in [-0.3, -0.25) is 4.21 Å². The maximum absolute atomic E-state index is 11.1. The Balaban J connectivity index is 2.35. The van der Waals surface area contributed by atoms with Crippen molar-refractivity contribution in [2.45, 2.75) is 6.54 Å². The average Bonchev–Trinajstić information content (AvgIpc) is 2.71. The molecule has 0 radical (unpaired) electrons. The van der Waals surface area contributed by atoms with Gasteiger partial charge in [-0.05, 0) is 6.07 Å². The van der Waals surface area contributed by atoms with E-state index < -0.39 is 16.8 Å². The lowest BCUT2D eigenvalue weighted by atomic mass is 10.3. The molecular formula is C10H15NO4S. The highest BCUT2D eigenvalue weighted by Gasteiger charge is 2.09. The standard InChI is InChI=1S/C10H15NO4S/c1-14-10(12)8-5-9(15-7-8)6-11-3-4-16(2)13/h5,7,11H,3-4,6H2,1-2H3. The molecule has 16 heavy (non-hydrogen) atoms. The summed E-state index contributed by atoms with van der Waals surface area (Å²) in [5, 5.41) is 3.06. The second-order valence-corrected chi connectivity index (χ2v) is 4.80. The van der Waals surface area contributed by atoms with E-state index in [1.807, 2.05) is 0 Å². The number of ether oxygens (including phenoxy) is 1. The molecular weight excluding hydrogens is 230 g/mol. The van der Waals surface area contributed by atoms with Crippen LogP contribution in [0.5, 0.6) is 0 Å². The van der Waals surface area contributed by atoms with E-state index in [0.717, 1.165) is 0 Å². The van der Waals surface area contributed by atoms with Crippen molar-refractivity contribution in [1.29, 1.82) is 0 Å². The molecule has 0 aliphatic rings. The summed E-state index contributed by atoms with van der Waals surface area (Å²) in [6.07, 6.45) is 3.02. The Morgan fingerprint density at radius 2 is 2.38 bits per heavy atom. The van der Waals surface area contributed by atoms with Crippen molar-refractivity contribution < 1.29 is 18.2 Å². The van der Waals surface area contributed by atoms with Gasteiger partial charge in [-0.1, -0.05) is 0 Å². The molecule has 1 atom stereocenters. The van der Waals surface area contributed by atoms with Crippen molar-refractivity contribution >= 4 is 16.8 Å². The van der Waals surface area contributed by atoms with Crippen LogP contribution in [0.4, 0.5) is 0 Å². The van der Waals surface area contributed by atoms with E-state index in [4.69, 9.17) is 4.42 Å². The molecule has 0 aliphatic carbocycles. The van der Waals surface area contributed by atoms with Crippen LogP contribution in [0.25, 0.3) is 0 Å². The van der Waals surface area contributed by atoms with Crippen molar-refractivity contribution in [3.05, 3.63) is 23.7 Å². The number of carbonyl (C=O) groups is 1. The van der Waals surface area contributed by atoms with Gasteiger partial charge in [-0.15, -0.1) is 0 Å². The lowest BCUT2D eigenvalue weighted by Gasteiger charge is -1.99. The third kappa shape index (κ3) is 4.16. The summed E-state index contributed by atoms with van der Waals surface area (Å²) >= 11 is 0. The van der Waals surface area contributed by atoms with E-state index in [2.05, 4.69) is 10.1 Å². The fourth-order valence-electron chi connectivity index (χ4n) is 1.13. The number of furan rings is 1. The monoisotopic (exact) mass is 245 g/mol. The Morgan fingerprint density at radius 3 is 3.00 bits per heavy atom. The van der Waals surface area contributed by atoms with Crippen molar-refractivity contribution in [2.75, 3.05) is 25.7 Å². The van der Waals surface area contributed by atoms with Crippen LogP contribution in [0.2, 0.25) is 0 Å². The highest BCUT2D eigenvalue weighted by molar-refractivity contribution is 7.84. The molecule has 1 heterocycles. The van der Waals surface area contributed by atoms with Crippen LogP contribution < -0.4 is 5.32 Å². The minimum Gasteiger partial charge on any atom is -0.467 e. The fourth-order valence-corrected chi connectivity index (χ4v) is 1.56. The fraction of sp³-hybridized carbons (Fsp3) is 0.500. The summed E-state index contributed by atoms with van der Waals surface area (Å²) in [6, 6.07) is 1.63. The van der Waals surface area contributed by atoms with Crippen molar-refractivity contribution in [2.24, 2.45) is 0 Å². The number of hydrogen-bond donors (Lipinski definition) is 1. The van der Waals surface area contributed by atoms with Gasteiger partial charge in [0.15, 0.2) is 0 Å². The van der Waals surface area contributed by atoms with E-state index in [9.17, 15) is 9.00 Å². The lowest BCUT2D eigenvalue weighted by Crippen LogP contribution is -2.19. The molecule has 6 heteroatoms. The van der Waals surface area contributed by atoms with Gasteiger partial charge in [-0.25, -0.2) is 4.79 Å². The van der Waals surface area contributed by atoms with Gasteiger partial charge in [0.2, 0.25) is 0 Å². The van der Waals surface area contributed by atoms with Crippen molar-refractivity contribution in [1.82, 2.24) is 5.32 Å². The van der Waals surface area contributed by atoms with Crippen LogP contribution in [0.1, 0.15) is 16.1 Å². The van der Waals surface area contributed by atoms with Crippen LogP contribution >= 0.6 is 0 Å². The average molecular weight is 245 g/mol. The van der Waals surface area contributed by atoms with Gasteiger partial charge < -0.3 is 14.5 Å². The third-order valence-corrected chi connectivity index (χ3v) is 2.72. The van der Waals surface area contributed by atoms with Crippen LogP contribution in [-0.2, 0) is 22.1 Å². The van der Waals surface area contributed by atoms with Crippen LogP contribution in [-0.4, -0.2) is 35.8 Å². The first-order valence-electron chi connectivity index (χ1n) is 4.80. The second kappa shape index (κ2) is 6.44. The Morgan fingerprint density at radius 1 is 1.62 bits per heavy atom. The molecule has 90 valence electrons. The molecule has 0 spiro atoms. The topological polar surface area (TPSA) is 68.5 Å². The second-order valence-electron chi connectivity index (χ2n) is 3.25. The summed E-state index contributed by atoms with van der Waals surface area (Å²) < 4.78 is 20.5. The summed E-state index contributed by atoms with van der Waals surface area (Å²) in [5.41, 5.74) is 0.401. The first-order valence-corrected chi connectivity index (χ1v) is 6.52. The smallest absolute Gasteiger partial charge is 0.341 e. The van der Waals surface area contributed by atoms with E-state index in [1.54, 1.807) is 12.3 Å². The maximum atomic E-state index is 11.1. The Kier molecular flexibility index (Phi) is 5.21. The predicted molar refractivity (Wildman–Crippen MR) is 60.7 cm³/mol. The normalized spacial score (nSPS) is 12.4. The molecule has 5 nitrogen and oxygen atoms in total. The molecule has 0 amide bonds. The summed E-state index contributed by atoms with van der Waals surface area (Å²) in [5.74, 6) is 0.844. The highest BCUT2D eigenvalue weighted by Crippen LogP contribution is 2.08. The molecule has 1 rings (SSSR count). The number of carbonyl (C=O) groups excluding carboxylic acids is 1. The molecule has 0 aromatic carbocycles. The molecule has 0 bridgehead atoms. The number of esters is 1. The van der Waals surface area contributed by atoms with Crippen molar-refractivity contribution in [3.8, 4) is 0 Å². The van der Waals surface area contributed by atoms with E-state index in [-0.39, 0.29) is 0 Å². The molecule has 1 unspecified atom stereocenters. The van der Waals surface area contributed by atoms with Gasteiger partial charge in [0, 0.05) is 29.4 Å². The van der Waals surface area contributed by atoms with Gasteiger partial charge >= 0.3 is 5.97 Å². The molecule has 1 aromatic heterocycles. The number of nitrogens with one attached hydrogen (secondary N) is 1. The van der Waals surface area contributed by atoms with E-state index in [0.29, 0.717) is 30.2 Å². The SMILES string of the molecule is COC(=O)c1coc(CNCCS(C)=O)c1.